The molecule has 0 spiro atoms. The fourth-order valence-electron chi connectivity index (χ4n) is 7.50. The minimum absolute atomic E-state index is 1.13. The molecule has 0 amide bonds. The SMILES string of the molecule is c1ccc(-c2ccccc2-c2ccc(N(c3ccc4sc5ccccc5c4c3)c3cccc4c3sc3c(-c5ccccc5)cccc34)cc2)cc1. The summed E-state index contributed by atoms with van der Waals surface area (Å²) in [6.07, 6.45) is 0. The van der Waals surface area contributed by atoms with Crippen LogP contribution in [0.25, 0.3) is 73.7 Å². The van der Waals surface area contributed by atoms with E-state index in [4.69, 9.17) is 0 Å². The number of benzene rings is 8. The van der Waals surface area contributed by atoms with Gasteiger partial charge in [-0.25, -0.2) is 0 Å². The van der Waals surface area contributed by atoms with Gasteiger partial charge in [0.15, 0.2) is 0 Å². The topological polar surface area (TPSA) is 3.24 Å². The molecule has 0 aliphatic rings. The molecule has 0 saturated heterocycles. The van der Waals surface area contributed by atoms with Crippen LogP contribution in [0.15, 0.2) is 188 Å². The highest BCUT2D eigenvalue weighted by Crippen LogP contribution is 2.48. The zero-order valence-electron chi connectivity index (χ0n) is 27.7. The molecule has 2 aromatic heterocycles. The Morgan fingerprint density at radius 3 is 1.59 bits per heavy atom. The molecule has 8 aromatic carbocycles. The van der Waals surface area contributed by atoms with Crippen molar-refractivity contribution in [1.82, 2.24) is 0 Å². The highest BCUT2D eigenvalue weighted by Gasteiger charge is 2.20. The van der Waals surface area contributed by atoms with Gasteiger partial charge in [-0.05, 0) is 75.8 Å². The molecule has 51 heavy (non-hydrogen) atoms. The zero-order chi connectivity index (χ0) is 33.7. The first-order valence-corrected chi connectivity index (χ1v) is 18.9. The first-order valence-electron chi connectivity index (χ1n) is 17.3. The molecule has 0 aliphatic heterocycles. The van der Waals surface area contributed by atoms with Gasteiger partial charge in [0.05, 0.1) is 10.4 Å². The highest BCUT2D eigenvalue weighted by atomic mass is 32.1. The Balaban J connectivity index is 1.18. The third-order valence-corrected chi connectivity index (χ3v) is 12.3. The van der Waals surface area contributed by atoms with Crippen LogP contribution in [0.3, 0.4) is 0 Å². The largest absolute Gasteiger partial charge is 0.309 e. The fourth-order valence-corrected chi connectivity index (χ4v) is 9.93. The first kappa shape index (κ1) is 29.9. The van der Waals surface area contributed by atoms with Gasteiger partial charge >= 0.3 is 0 Å². The lowest BCUT2D eigenvalue weighted by molar-refractivity contribution is 1.31. The molecule has 0 bridgehead atoms. The van der Waals surface area contributed by atoms with Crippen molar-refractivity contribution >= 4 is 80.1 Å². The molecule has 0 aliphatic carbocycles. The van der Waals surface area contributed by atoms with Gasteiger partial charge in [-0.15, -0.1) is 22.7 Å². The first-order chi connectivity index (χ1) is 25.3. The summed E-state index contributed by atoms with van der Waals surface area (Å²) in [7, 11) is 0. The summed E-state index contributed by atoms with van der Waals surface area (Å²) in [5, 5.41) is 5.18. The third-order valence-electron chi connectivity index (χ3n) is 9.90. The van der Waals surface area contributed by atoms with E-state index in [0.717, 1.165) is 11.4 Å². The van der Waals surface area contributed by atoms with Crippen molar-refractivity contribution < 1.29 is 0 Å². The molecule has 2 heterocycles. The molecule has 10 aromatic rings. The highest BCUT2D eigenvalue weighted by molar-refractivity contribution is 7.27. The molecule has 0 radical (unpaired) electrons. The minimum Gasteiger partial charge on any atom is -0.309 e. The van der Waals surface area contributed by atoms with Gasteiger partial charge < -0.3 is 4.90 Å². The van der Waals surface area contributed by atoms with Gasteiger partial charge in [0.1, 0.15) is 0 Å². The van der Waals surface area contributed by atoms with E-state index in [1.807, 2.05) is 22.7 Å². The normalized spacial score (nSPS) is 11.5. The molecule has 3 heteroatoms. The van der Waals surface area contributed by atoms with Crippen molar-refractivity contribution in [3.05, 3.63) is 188 Å². The summed E-state index contributed by atoms with van der Waals surface area (Å²) in [5.74, 6) is 0. The Morgan fingerprint density at radius 1 is 0.314 bits per heavy atom. The van der Waals surface area contributed by atoms with Crippen LogP contribution >= 0.6 is 22.7 Å². The van der Waals surface area contributed by atoms with Crippen LogP contribution in [0.4, 0.5) is 17.1 Å². The van der Waals surface area contributed by atoms with Crippen molar-refractivity contribution in [2.75, 3.05) is 4.90 Å². The molecule has 0 N–H and O–H groups in total. The Labute approximate surface area is 304 Å². The monoisotopic (exact) mass is 685 g/mol. The average Bonchev–Trinajstić information content (AvgIpc) is 3.78. The van der Waals surface area contributed by atoms with Gasteiger partial charge in [-0.1, -0.05) is 146 Å². The molecule has 1 nitrogen and oxygen atoms in total. The van der Waals surface area contributed by atoms with Crippen molar-refractivity contribution in [1.29, 1.82) is 0 Å². The van der Waals surface area contributed by atoms with Gasteiger partial charge in [0.2, 0.25) is 0 Å². The number of hydrogen-bond acceptors (Lipinski definition) is 3. The summed E-state index contributed by atoms with van der Waals surface area (Å²) in [6.45, 7) is 0. The smallest absolute Gasteiger partial charge is 0.0640 e. The molecule has 0 fully saturated rings. The van der Waals surface area contributed by atoms with Crippen molar-refractivity contribution in [3.8, 4) is 33.4 Å². The predicted octanol–water partition coefficient (Wildman–Crippen LogP) is 14.9. The van der Waals surface area contributed by atoms with Crippen LogP contribution in [0.2, 0.25) is 0 Å². The van der Waals surface area contributed by atoms with E-state index in [1.165, 1.54) is 79.4 Å². The van der Waals surface area contributed by atoms with Crippen LogP contribution in [-0.4, -0.2) is 0 Å². The molecule has 0 saturated carbocycles. The van der Waals surface area contributed by atoms with Gasteiger partial charge in [-0.2, -0.15) is 0 Å². The molecule has 0 unspecified atom stereocenters. The van der Waals surface area contributed by atoms with Crippen LogP contribution in [0, 0.1) is 0 Å². The molecule has 240 valence electrons. The van der Waals surface area contributed by atoms with E-state index in [-0.39, 0.29) is 0 Å². The number of anilines is 3. The Morgan fingerprint density at radius 2 is 0.843 bits per heavy atom. The van der Waals surface area contributed by atoms with Gasteiger partial charge in [0.25, 0.3) is 0 Å². The third kappa shape index (κ3) is 5.13. The Bertz CT molecular complexity index is 2850. The fraction of sp³-hybridized carbons (Fsp3) is 0. The summed E-state index contributed by atoms with van der Waals surface area (Å²) >= 11 is 3.76. The maximum Gasteiger partial charge on any atom is 0.0640 e. The van der Waals surface area contributed by atoms with E-state index in [1.54, 1.807) is 0 Å². The number of thiophene rings is 2. The molecular weight excluding hydrogens is 655 g/mol. The summed E-state index contributed by atoms with van der Waals surface area (Å²) < 4.78 is 5.22. The number of rotatable bonds is 6. The summed E-state index contributed by atoms with van der Waals surface area (Å²) in [4.78, 5) is 2.46. The quantitative estimate of drug-likeness (QED) is 0.168. The van der Waals surface area contributed by atoms with Crippen LogP contribution in [0.5, 0.6) is 0 Å². The second kappa shape index (κ2) is 12.4. The van der Waals surface area contributed by atoms with Gasteiger partial charge in [0, 0.05) is 47.0 Å². The van der Waals surface area contributed by atoms with Crippen LogP contribution < -0.4 is 4.90 Å². The van der Waals surface area contributed by atoms with E-state index < -0.39 is 0 Å². The van der Waals surface area contributed by atoms with E-state index in [2.05, 4.69) is 193 Å². The lowest BCUT2D eigenvalue weighted by Crippen LogP contribution is -2.10. The van der Waals surface area contributed by atoms with Crippen LogP contribution in [-0.2, 0) is 0 Å². The Kier molecular flexibility index (Phi) is 7.26. The second-order valence-corrected chi connectivity index (χ2v) is 15.0. The predicted molar refractivity (Wildman–Crippen MR) is 223 cm³/mol. The van der Waals surface area contributed by atoms with Gasteiger partial charge in [-0.3, -0.25) is 0 Å². The van der Waals surface area contributed by atoms with Crippen molar-refractivity contribution in [2.24, 2.45) is 0 Å². The number of fused-ring (bicyclic) bond motifs is 6. The van der Waals surface area contributed by atoms with E-state index in [0.29, 0.717) is 0 Å². The lowest BCUT2D eigenvalue weighted by Gasteiger charge is -2.26. The number of nitrogens with zero attached hydrogens (tertiary/aromatic N) is 1. The lowest BCUT2D eigenvalue weighted by atomic mass is 9.94. The van der Waals surface area contributed by atoms with E-state index in [9.17, 15) is 0 Å². The van der Waals surface area contributed by atoms with E-state index >= 15 is 0 Å². The summed E-state index contributed by atoms with van der Waals surface area (Å²) in [6, 6.07) is 68.5. The molecule has 10 rings (SSSR count). The van der Waals surface area contributed by atoms with Crippen molar-refractivity contribution in [2.45, 2.75) is 0 Å². The summed E-state index contributed by atoms with van der Waals surface area (Å²) in [5.41, 5.74) is 10.9. The zero-order valence-corrected chi connectivity index (χ0v) is 29.3. The molecular formula is C48H31NS2. The number of hydrogen-bond donors (Lipinski definition) is 0. The Hall–Kier alpha value is -6.00. The van der Waals surface area contributed by atoms with Crippen molar-refractivity contribution in [3.63, 3.8) is 0 Å². The minimum atomic E-state index is 1.13. The second-order valence-electron chi connectivity index (χ2n) is 12.9. The maximum atomic E-state index is 2.46. The van der Waals surface area contributed by atoms with Crippen LogP contribution in [0.1, 0.15) is 0 Å². The average molecular weight is 686 g/mol. The standard InChI is InChI=1S/C48H31NS2/c1-3-13-32(14-4-1)37-17-7-8-18-38(37)34-25-27-35(28-26-34)49(36-29-30-46-43(31-36)40-19-9-10-24-45(40)50-46)44-23-12-22-42-41-21-11-20-39(47(41)51-48(42)44)33-15-5-2-6-16-33/h1-31H. The maximum absolute atomic E-state index is 2.46. The molecule has 0 atom stereocenters.